The van der Waals surface area contributed by atoms with E-state index in [4.69, 9.17) is 4.98 Å². The van der Waals surface area contributed by atoms with Crippen molar-refractivity contribution in [2.45, 2.75) is 19.8 Å². The van der Waals surface area contributed by atoms with Crippen LogP contribution in [0, 0.1) is 0 Å². The van der Waals surface area contributed by atoms with E-state index in [0.717, 1.165) is 30.7 Å². The van der Waals surface area contributed by atoms with Crippen molar-refractivity contribution in [3.8, 4) is 0 Å². The Balaban J connectivity index is 1.97. The number of anilines is 1. The number of hydrogen-bond acceptors (Lipinski definition) is 2. The Morgan fingerprint density at radius 2 is 1.76 bits per heavy atom. The first-order valence-corrected chi connectivity index (χ1v) is 7.53. The van der Waals surface area contributed by atoms with Crippen molar-refractivity contribution in [3.63, 3.8) is 0 Å². The first-order valence-electron chi connectivity index (χ1n) is 7.53. The molecule has 0 spiro atoms. The second-order valence-corrected chi connectivity index (χ2v) is 5.27. The summed E-state index contributed by atoms with van der Waals surface area (Å²) in [5, 5.41) is 4.57. The summed E-state index contributed by atoms with van der Waals surface area (Å²) in [5.74, 6) is 0.963. The van der Waals surface area contributed by atoms with E-state index in [1.165, 1.54) is 16.5 Å². The quantitative estimate of drug-likeness (QED) is 0.734. The molecule has 2 nitrogen and oxygen atoms in total. The fourth-order valence-electron chi connectivity index (χ4n) is 2.52. The summed E-state index contributed by atoms with van der Waals surface area (Å²) in [5.41, 5.74) is 3.69. The van der Waals surface area contributed by atoms with Gasteiger partial charge in [0.05, 0.1) is 5.52 Å². The molecule has 0 unspecified atom stereocenters. The van der Waals surface area contributed by atoms with Crippen LogP contribution in [0.4, 0.5) is 5.82 Å². The van der Waals surface area contributed by atoms with Gasteiger partial charge in [0, 0.05) is 11.9 Å². The third-order valence-corrected chi connectivity index (χ3v) is 3.60. The van der Waals surface area contributed by atoms with Gasteiger partial charge in [-0.3, -0.25) is 0 Å². The lowest BCUT2D eigenvalue weighted by atomic mass is 10.0. The van der Waals surface area contributed by atoms with Crippen molar-refractivity contribution in [1.29, 1.82) is 0 Å². The SMILES string of the molecule is CCCNc1ccc2cccc(Cc3ccccc3)c2n1. The Bertz CT molecular complexity index is 720. The second-order valence-electron chi connectivity index (χ2n) is 5.27. The molecule has 0 aliphatic heterocycles. The van der Waals surface area contributed by atoms with Crippen LogP contribution in [0.5, 0.6) is 0 Å². The summed E-state index contributed by atoms with van der Waals surface area (Å²) in [6, 6.07) is 21.2. The van der Waals surface area contributed by atoms with Gasteiger partial charge in [0.15, 0.2) is 0 Å². The van der Waals surface area contributed by atoms with Crippen LogP contribution in [0.25, 0.3) is 10.9 Å². The van der Waals surface area contributed by atoms with E-state index in [-0.39, 0.29) is 0 Å². The number of nitrogens with one attached hydrogen (secondary N) is 1. The summed E-state index contributed by atoms with van der Waals surface area (Å²) < 4.78 is 0. The highest BCUT2D eigenvalue weighted by atomic mass is 15.0. The molecule has 1 heterocycles. The van der Waals surface area contributed by atoms with Gasteiger partial charge in [-0.2, -0.15) is 0 Å². The zero-order valence-corrected chi connectivity index (χ0v) is 12.3. The summed E-state index contributed by atoms with van der Waals surface area (Å²) in [6.07, 6.45) is 2.02. The van der Waals surface area contributed by atoms with Gasteiger partial charge in [-0.1, -0.05) is 55.5 Å². The largest absolute Gasteiger partial charge is 0.370 e. The van der Waals surface area contributed by atoms with Crippen molar-refractivity contribution in [3.05, 3.63) is 71.8 Å². The minimum atomic E-state index is 0.919. The van der Waals surface area contributed by atoms with Crippen LogP contribution in [0.1, 0.15) is 24.5 Å². The molecule has 106 valence electrons. The van der Waals surface area contributed by atoms with Gasteiger partial charge in [0.25, 0.3) is 0 Å². The number of rotatable bonds is 5. The monoisotopic (exact) mass is 276 g/mol. The molecule has 0 fully saturated rings. The first-order chi connectivity index (χ1) is 10.4. The van der Waals surface area contributed by atoms with Crippen molar-refractivity contribution >= 4 is 16.7 Å². The van der Waals surface area contributed by atoms with E-state index >= 15 is 0 Å². The van der Waals surface area contributed by atoms with Gasteiger partial charge < -0.3 is 5.32 Å². The third kappa shape index (κ3) is 3.22. The Labute approximate surface area is 125 Å². The van der Waals surface area contributed by atoms with Crippen molar-refractivity contribution in [1.82, 2.24) is 4.98 Å². The lowest BCUT2D eigenvalue weighted by molar-refractivity contribution is 0.971. The summed E-state index contributed by atoms with van der Waals surface area (Å²) in [6.45, 7) is 3.12. The normalized spacial score (nSPS) is 10.7. The van der Waals surface area contributed by atoms with Gasteiger partial charge >= 0.3 is 0 Å². The summed E-state index contributed by atoms with van der Waals surface area (Å²) >= 11 is 0. The third-order valence-electron chi connectivity index (χ3n) is 3.60. The minimum Gasteiger partial charge on any atom is -0.370 e. The predicted molar refractivity (Wildman–Crippen MR) is 89.8 cm³/mol. The average Bonchev–Trinajstić information content (AvgIpc) is 2.54. The van der Waals surface area contributed by atoms with Crippen LogP contribution in [0.2, 0.25) is 0 Å². The zero-order valence-electron chi connectivity index (χ0n) is 12.3. The predicted octanol–water partition coefficient (Wildman–Crippen LogP) is 4.65. The molecule has 0 saturated heterocycles. The number of para-hydroxylation sites is 1. The Morgan fingerprint density at radius 1 is 0.905 bits per heavy atom. The maximum absolute atomic E-state index is 4.80. The molecule has 3 aromatic rings. The van der Waals surface area contributed by atoms with E-state index in [9.17, 15) is 0 Å². The molecular weight excluding hydrogens is 256 g/mol. The molecule has 0 aliphatic rings. The number of benzene rings is 2. The number of hydrogen-bond donors (Lipinski definition) is 1. The fourth-order valence-corrected chi connectivity index (χ4v) is 2.52. The van der Waals surface area contributed by atoms with E-state index in [1.807, 2.05) is 0 Å². The standard InChI is InChI=1S/C19H20N2/c1-2-13-20-18-12-11-16-9-6-10-17(19(16)21-18)14-15-7-4-3-5-8-15/h3-12H,2,13-14H2,1H3,(H,20,21). The van der Waals surface area contributed by atoms with E-state index < -0.39 is 0 Å². The van der Waals surface area contributed by atoms with Gasteiger partial charge in [0.2, 0.25) is 0 Å². The summed E-state index contributed by atoms with van der Waals surface area (Å²) in [4.78, 5) is 4.80. The Kier molecular flexibility index (Phi) is 4.15. The average molecular weight is 276 g/mol. The van der Waals surface area contributed by atoms with Gasteiger partial charge in [-0.25, -0.2) is 4.98 Å². The molecule has 0 radical (unpaired) electrons. The molecule has 21 heavy (non-hydrogen) atoms. The lowest BCUT2D eigenvalue weighted by Gasteiger charge is -2.09. The van der Waals surface area contributed by atoms with E-state index in [1.54, 1.807) is 0 Å². The van der Waals surface area contributed by atoms with Crippen molar-refractivity contribution in [2.75, 3.05) is 11.9 Å². The van der Waals surface area contributed by atoms with Crippen molar-refractivity contribution < 1.29 is 0 Å². The molecule has 1 N–H and O–H groups in total. The van der Waals surface area contributed by atoms with Crippen LogP contribution in [-0.4, -0.2) is 11.5 Å². The van der Waals surface area contributed by atoms with Gasteiger partial charge in [0.1, 0.15) is 5.82 Å². The van der Waals surface area contributed by atoms with Crippen LogP contribution < -0.4 is 5.32 Å². The first kappa shape index (κ1) is 13.6. The van der Waals surface area contributed by atoms with Crippen LogP contribution in [-0.2, 0) is 6.42 Å². The minimum absolute atomic E-state index is 0.919. The number of nitrogens with zero attached hydrogens (tertiary/aromatic N) is 1. The molecule has 3 rings (SSSR count). The lowest BCUT2D eigenvalue weighted by Crippen LogP contribution is -2.02. The Hall–Kier alpha value is -2.35. The summed E-state index contributed by atoms with van der Waals surface area (Å²) in [7, 11) is 0. The fraction of sp³-hybridized carbons (Fsp3) is 0.211. The highest BCUT2D eigenvalue weighted by Gasteiger charge is 2.05. The maximum atomic E-state index is 4.80. The zero-order chi connectivity index (χ0) is 14.5. The highest BCUT2D eigenvalue weighted by molar-refractivity contribution is 5.83. The molecule has 0 bridgehead atoms. The smallest absolute Gasteiger partial charge is 0.126 e. The van der Waals surface area contributed by atoms with Crippen LogP contribution in [0.15, 0.2) is 60.7 Å². The van der Waals surface area contributed by atoms with Crippen molar-refractivity contribution in [2.24, 2.45) is 0 Å². The molecule has 2 heteroatoms. The molecule has 0 atom stereocenters. The topological polar surface area (TPSA) is 24.9 Å². The van der Waals surface area contributed by atoms with E-state index in [2.05, 4.69) is 72.9 Å². The number of pyridine rings is 1. The van der Waals surface area contributed by atoms with E-state index in [0.29, 0.717) is 0 Å². The maximum Gasteiger partial charge on any atom is 0.126 e. The molecule has 0 saturated carbocycles. The molecule has 0 amide bonds. The molecule has 0 aliphatic carbocycles. The number of fused-ring (bicyclic) bond motifs is 1. The van der Waals surface area contributed by atoms with Crippen LogP contribution >= 0.6 is 0 Å². The van der Waals surface area contributed by atoms with Gasteiger partial charge in [-0.15, -0.1) is 0 Å². The number of aromatic nitrogens is 1. The Morgan fingerprint density at radius 3 is 2.57 bits per heavy atom. The van der Waals surface area contributed by atoms with Crippen LogP contribution in [0.3, 0.4) is 0 Å². The highest BCUT2D eigenvalue weighted by Crippen LogP contribution is 2.21. The molecule has 1 aromatic heterocycles. The molecular formula is C19H20N2. The second kappa shape index (κ2) is 6.40. The molecule has 2 aromatic carbocycles. The van der Waals surface area contributed by atoms with Gasteiger partial charge in [-0.05, 0) is 36.1 Å².